The molecule has 3 heterocycles. The Labute approximate surface area is 178 Å². The Morgan fingerprint density at radius 3 is 2.63 bits per heavy atom. The fourth-order valence-corrected chi connectivity index (χ4v) is 4.24. The number of pyridine rings is 1. The molecule has 30 heavy (non-hydrogen) atoms. The van der Waals surface area contributed by atoms with Crippen molar-refractivity contribution < 1.29 is 13.2 Å². The van der Waals surface area contributed by atoms with E-state index in [2.05, 4.69) is 22.1 Å². The number of rotatable bonds is 5. The van der Waals surface area contributed by atoms with Gasteiger partial charge in [0.05, 0.1) is 23.3 Å². The molecule has 0 radical (unpaired) electrons. The Bertz CT molecular complexity index is 1030. The maximum absolute atomic E-state index is 13.3. The summed E-state index contributed by atoms with van der Waals surface area (Å²) in [5, 5.41) is 3.98. The number of aromatic nitrogens is 2. The summed E-state index contributed by atoms with van der Waals surface area (Å²) >= 11 is 5.59. The highest BCUT2D eigenvalue weighted by molar-refractivity contribution is 7.80. The predicted octanol–water partition coefficient (Wildman–Crippen LogP) is 5.27. The number of halogens is 3. The first kappa shape index (κ1) is 20.4. The molecule has 4 rings (SSSR count). The molecule has 4 nitrogen and oxygen atoms in total. The van der Waals surface area contributed by atoms with Crippen molar-refractivity contribution >= 4 is 17.3 Å². The Kier molecular flexibility index (Phi) is 5.51. The summed E-state index contributed by atoms with van der Waals surface area (Å²) in [4.78, 5) is 6.58. The van der Waals surface area contributed by atoms with Crippen LogP contribution in [0.1, 0.15) is 42.4 Å². The third kappa shape index (κ3) is 3.79. The van der Waals surface area contributed by atoms with Crippen LogP contribution in [-0.2, 0) is 6.18 Å². The molecule has 1 aromatic carbocycles. The molecule has 0 amide bonds. The van der Waals surface area contributed by atoms with E-state index in [-0.39, 0.29) is 12.1 Å². The second-order valence-corrected chi connectivity index (χ2v) is 7.56. The van der Waals surface area contributed by atoms with Crippen LogP contribution in [0.25, 0.3) is 5.69 Å². The topological polar surface area (TPSA) is 33.1 Å². The molecule has 8 heteroatoms. The van der Waals surface area contributed by atoms with Gasteiger partial charge in [0.1, 0.15) is 0 Å². The molecule has 0 saturated carbocycles. The average Bonchev–Trinajstić information content (AvgIpc) is 3.33. The van der Waals surface area contributed by atoms with E-state index in [1.807, 2.05) is 30.3 Å². The highest BCUT2D eigenvalue weighted by Gasteiger charge is 2.41. The lowest BCUT2D eigenvalue weighted by atomic mass is 10.0. The van der Waals surface area contributed by atoms with Gasteiger partial charge in [-0.05, 0) is 61.1 Å². The lowest BCUT2D eigenvalue weighted by molar-refractivity contribution is -0.137. The molecule has 1 saturated heterocycles. The summed E-state index contributed by atoms with van der Waals surface area (Å²) < 4.78 is 41.6. The van der Waals surface area contributed by atoms with Crippen molar-refractivity contribution in [2.45, 2.75) is 31.6 Å². The van der Waals surface area contributed by atoms with Gasteiger partial charge in [-0.3, -0.25) is 4.98 Å². The van der Waals surface area contributed by atoms with E-state index in [9.17, 15) is 13.2 Å². The minimum absolute atomic E-state index is 0.197. The smallest absolute Gasteiger partial charge is 0.352 e. The van der Waals surface area contributed by atoms with Crippen molar-refractivity contribution in [1.82, 2.24) is 19.8 Å². The predicted molar refractivity (Wildman–Crippen MR) is 113 cm³/mol. The van der Waals surface area contributed by atoms with E-state index >= 15 is 0 Å². The van der Waals surface area contributed by atoms with E-state index in [4.69, 9.17) is 12.2 Å². The summed E-state index contributed by atoms with van der Waals surface area (Å²) in [5.41, 5.74) is 1.47. The Morgan fingerprint density at radius 2 is 1.93 bits per heavy atom. The first-order valence-corrected chi connectivity index (χ1v) is 10.1. The first-order chi connectivity index (χ1) is 14.4. The zero-order valence-corrected chi connectivity index (χ0v) is 17.1. The molecular formula is C22H21F3N4S. The molecular weight excluding hydrogens is 409 g/mol. The number of nitrogens with one attached hydrogen (secondary N) is 1. The highest BCUT2D eigenvalue weighted by atomic mass is 32.1. The van der Waals surface area contributed by atoms with Gasteiger partial charge in [0.25, 0.3) is 0 Å². The van der Waals surface area contributed by atoms with Gasteiger partial charge in [-0.1, -0.05) is 19.1 Å². The van der Waals surface area contributed by atoms with Crippen LogP contribution < -0.4 is 5.32 Å². The summed E-state index contributed by atoms with van der Waals surface area (Å²) in [6, 6.07) is 14.4. The lowest BCUT2D eigenvalue weighted by Gasteiger charge is -2.28. The maximum Gasteiger partial charge on any atom is 0.416 e. The number of hydrogen-bond acceptors (Lipinski definition) is 2. The van der Waals surface area contributed by atoms with Gasteiger partial charge in [-0.15, -0.1) is 0 Å². The third-order valence-corrected chi connectivity index (χ3v) is 5.55. The molecule has 2 atom stereocenters. The summed E-state index contributed by atoms with van der Waals surface area (Å²) in [5.74, 6) is 0. The molecule has 156 valence electrons. The van der Waals surface area contributed by atoms with Crippen LogP contribution in [0.15, 0.2) is 67.0 Å². The van der Waals surface area contributed by atoms with Crippen molar-refractivity contribution in [2.75, 3.05) is 6.54 Å². The molecule has 1 N–H and O–H groups in total. The SMILES string of the molecule is CCCN1C(=S)N[C@@H](c2ccccn2)[C@H]1c1cccn1-c1cccc(C(F)(F)F)c1. The van der Waals surface area contributed by atoms with Gasteiger partial charge < -0.3 is 14.8 Å². The number of thiocarbonyl (C=S) groups is 1. The zero-order chi connectivity index (χ0) is 21.3. The van der Waals surface area contributed by atoms with Gasteiger partial charge in [0, 0.05) is 30.3 Å². The molecule has 0 unspecified atom stereocenters. The van der Waals surface area contributed by atoms with E-state index < -0.39 is 11.7 Å². The van der Waals surface area contributed by atoms with E-state index in [0.717, 1.165) is 30.4 Å². The van der Waals surface area contributed by atoms with Gasteiger partial charge >= 0.3 is 6.18 Å². The van der Waals surface area contributed by atoms with E-state index in [1.54, 1.807) is 23.0 Å². The van der Waals surface area contributed by atoms with Crippen molar-refractivity contribution in [2.24, 2.45) is 0 Å². The standard InChI is InChI=1S/C22H21F3N4S/c1-2-12-29-20(19(27-21(29)30)17-9-3-4-11-26-17)18-10-6-13-28(18)16-8-5-7-15(14-16)22(23,24)25/h3-11,13-14,19-20H,2,12H2,1H3,(H,27,30)/t19-,20+/m0/s1. The fraction of sp³-hybridized carbons (Fsp3) is 0.273. The molecule has 1 aliphatic heterocycles. The second kappa shape index (κ2) is 8.10. The Hall–Kier alpha value is -2.87. The highest BCUT2D eigenvalue weighted by Crippen LogP contribution is 2.40. The van der Waals surface area contributed by atoms with Crippen LogP contribution in [0.5, 0.6) is 0 Å². The van der Waals surface area contributed by atoms with Gasteiger partial charge in [-0.2, -0.15) is 13.2 Å². The molecule has 0 bridgehead atoms. The molecule has 1 fully saturated rings. The van der Waals surface area contributed by atoms with Crippen molar-refractivity contribution in [1.29, 1.82) is 0 Å². The molecule has 2 aromatic heterocycles. The first-order valence-electron chi connectivity index (χ1n) is 9.73. The number of nitrogens with zero attached hydrogens (tertiary/aromatic N) is 3. The van der Waals surface area contributed by atoms with Gasteiger partial charge in [0.2, 0.25) is 0 Å². The van der Waals surface area contributed by atoms with E-state index in [1.165, 1.54) is 12.1 Å². The van der Waals surface area contributed by atoms with Crippen LogP contribution in [0.4, 0.5) is 13.2 Å². The van der Waals surface area contributed by atoms with Crippen molar-refractivity contribution in [3.63, 3.8) is 0 Å². The van der Waals surface area contributed by atoms with Crippen LogP contribution in [0, 0.1) is 0 Å². The lowest BCUT2D eigenvalue weighted by Crippen LogP contribution is -2.31. The largest absolute Gasteiger partial charge is 0.416 e. The molecule has 0 spiro atoms. The maximum atomic E-state index is 13.3. The summed E-state index contributed by atoms with van der Waals surface area (Å²) in [7, 11) is 0. The number of hydrogen-bond donors (Lipinski definition) is 1. The average molecular weight is 430 g/mol. The van der Waals surface area contributed by atoms with E-state index in [0.29, 0.717) is 10.8 Å². The fourth-order valence-electron chi connectivity index (χ4n) is 3.91. The summed E-state index contributed by atoms with van der Waals surface area (Å²) in [6.45, 7) is 2.80. The second-order valence-electron chi connectivity index (χ2n) is 7.17. The van der Waals surface area contributed by atoms with Crippen LogP contribution >= 0.6 is 12.2 Å². The zero-order valence-electron chi connectivity index (χ0n) is 16.3. The third-order valence-electron chi connectivity index (χ3n) is 5.20. The van der Waals surface area contributed by atoms with Crippen molar-refractivity contribution in [3.05, 3.63) is 83.9 Å². The minimum Gasteiger partial charge on any atom is -0.352 e. The van der Waals surface area contributed by atoms with Crippen LogP contribution in [0.3, 0.4) is 0 Å². The number of alkyl halides is 3. The van der Waals surface area contributed by atoms with Crippen molar-refractivity contribution in [3.8, 4) is 5.69 Å². The number of benzene rings is 1. The monoisotopic (exact) mass is 430 g/mol. The van der Waals surface area contributed by atoms with Crippen LogP contribution in [-0.4, -0.2) is 26.1 Å². The molecule has 0 aliphatic carbocycles. The minimum atomic E-state index is -4.40. The van der Waals surface area contributed by atoms with Crippen LogP contribution in [0.2, 0.25) is 0 Å². The molecule has 3 aromatic rings. The molecule has 1 aliphatic rings. The van der Waals surface area contributed by atoms with Gasteiger partial charge in [-0.25, -0.2) is 0 Å². The Balaban J connectivity index is 1.80. The summed E-state index contributed by atoms with van der Waals surface area (Å²) in [6.07, 6.45) is -0.000674. The van der Waals surface area contributed by atoms with Gasteiger partial charge in [0.15, 0.2) is 5.11 Å². The quantitative estimate of drug-likeness (QED) is 0.559. The Morgan fingerprint density at radius 1 is 1.10 bits per heavy atom. The normalized spacial score (nSPS) is 19.2.